The molecule has 1 N–H and O–H groups in total. The zero-order valence-corrected chi connectivity index (χ0v) is 20.2. The number of hydrogen-bond acceptors (Lipinski definition) is 7. The number of benzene rings is 2. The van der Waals surface area contributed by atoms with Crippen LogP contribution in [0.15, 0.2) is 41.3 Å². The molecule has 0 saturated carbocycles. The van der Waals surface area contributed by atoms with E-state index in [0.717, 1.165) is 18.4 Å². The minimum absolute atomic E-state index is 0.0392. The smallest absolute Gasteiger partial charge is 0.204 e. The molecule has 2 aromatic rings. The molecule has 1 aliphatic heterocycles. The van der Waals surface area contributed by atoms with E-state index in [4.69, 9.17) is 14.2 Å². The summed E-state index contributed by atoms with van der Waals surface area (Å²) >= 11 is 0. The first kappa shape index (κ1) is 24.4. The first-order chi connectivity index (χ1) is 15.3. The maximum Gasteiger partial charge on any atom is 0.204 e. The number of sulfone groups is 1. The van der Waals surface area contributed by atoms with Crippen LogP contribution in [0.1, 0.15) is 56.7 Å². The van der Waals surface area contributed by atoms with Crippen LogP contribution in [0.4, 0.5) is 0 Å². The van der Waals surface area contributed by atoms with Crippen LogP contribution in [0.2, 0.25) is 0 Å². The number of methoxy groups -OCH3 is 3. The summed E-state index contributed by atoms with van der Waals surface area (Å²) < 4.78 is 44.4. The molecular formula is C24H33NO6S. The third-order valence-electron chi connectivity index (χ3n) is 6.38. The van der Waals surface area contributed by atoms with E-state index in [1.807, 2.05) is 37.3 Å². The molecule has 2 atom stereocenters. The molecule has 0 spiro atoms. The van der Waals surface area contributed by atoms with Gasteiger partial charge in [-0.1, -0.05) is 57.0 Å². The van der Waals surface area contributed by atoms with Gasteiger partial charge in [0.15, 0.2) is 21.3 Å². The van der Waals surface area contributed by atoms with Crippen LogP contribution in [0.5, 0.6) is 17.2 Å². The largest absolute Gasteiger partial charge is 0.493 e. The normalized spacial score (nSPS) is 22.6. The van der Waals surface area contributed by atoms with E-state index in [1.54, 1.807) is 6.07 Å². The van der Waals surface area contributed by atoms with Crippen LogP contribution in [-0.2, 0) is 9.84 Å². The summed E-state index contributed by atoms with van der Waals surface area (Å²) in [4.78, 5) is 0.0392. The highest BCUT2D eigenvalue weighted by atomic mass is 32.2. The van der Waals surface area contributed by atoms with Gasteiger partial charge in [0.1, 0.15) is 4.90 Å². The lowest BCUT2D eigenvalue weighted by Gasteiger charge is -2.42. The monoisotopic (exact) mass is 463 g/mol. The molecule has 2 aromatic carbocycles. The Hall–Kier alpha value is -2.29. The molecule has 7 nitrogen and oxygen atoms in total. The highest BCUT2D eigenvalue weighted by Crippen LogP contribution is 2.52. The molecule has 0 amide bonds. The van der Waals surface area contributed by atoms with Crippen LogP contribution in [0, 0.1) is 0 Å². The van der Waals surface area contributed by atoms with E-state index in [0.29, 0.717) is 24.2 Å². The Morgan fingerprint density at radius 1 is 1.06 bits per heavy atom. The molecule has 0 aromatic heterocycles. The fraction of sp³-hybridized carbons (Fsp3) is 0.500. The number of hydroxylamine groups is 2. The van der Waals surface area contributed by atoms with Crippen LogP contribution in [-0.4, -0.2) is 51.3 Å². The Morgan fingerprint density at radius 3 is 2.25 bits per heavy atom. The second kappa shape index (κ2) is 9.68. The van der Waals surface area contributed by atoms with Gasteiger partial charge in [-0.25, -0.2) is 8.42 Å². The van der Waals surface area contributed by atoms with Crippen LogP contribution in [0.25, 0.3) is 0 Å². The maximum absolute atomic E-state index is 13.9. The number of ether oxygens (including phenoxy) is 3. The summed E-state index contributed by atoms with van der Waals surface area (Å²) in [6, 6.07) is 10.3. The predicted molar refractivity (Wildman–Crippen MR) is 123 cm³/mol. The van der Waals surface area contributed by atoms with Gasteiger partial charge < -0.3 is 19.4 Å². The number of fused-ring (bicyclic) bond motifs is 1. The Bertz CT molecular complexity index is 1040. The lowest BCUT2D eigenvalue weighted by Crippen LogP contribution is -2.51. The molecule has 32 heavy (non-hydrogen) atoms. The average molecular weight is 464 g/mol. The lowest BCUT2D eigenvalue weighted by atomic mass is 9.87. The standard InChI is InChI=1S/C24H33NO6S/c1-6-8-14-24(7-2)16-32(27,28)23-18(15-19(29-3)21(30-4)22(23)31-5)20(25(24)26)17-12-10-9-11-13-17/h9-13,15,20,26H,6-8,14,16H2,1-5H3/t20-,24+/m0/s1. The highest BCUT2D eigenvalue weighted by molar-refractivity contribution is 7.91. The number of rotatable bonds is 8. The van der Waals surface area contributed by atoms with E-state index >= 15 is 0 Å². The van der Waals surface area contributed by atoms with E-state index in [2.05, 4.69) is 6.92 Å². The third-order valence-corrected chi connectivity index (χ3v) is 8.34. The van der Waals surface area contributed by atoms with Gasteiger partial charge in [0.05, 0.1) is 38.7 Å². The van der Waals surface area contributed by atoms with Crippen molar-refractivity contribution in [3.8, 4) is 17.2 Å². The van der Waals surface area contributed by atoms with Gasteiger partial charge in [-0.3, -0.25) is 0 Å². The van der Waals surface area contributed by atoms with Crippen molar-refractivity contribution in [1.82, 2.24) is 5.06 Å². The van der Waals surface area contributed by atoms with Gasteiger partial charge in [-0.2, -0.15) is 5.06 Å². The summed E-state index contributed by atoms with van der Waals surface area (Å²) in [7, 11) is 0.480. The average Bonchev–Trinajstić information content (AvgIpc) is 2.87. The second-order valence-corrected chi connectivity index (χ2v) is 10.1. The summed E-state index contributed by atoms with van der Waals surface area (Å²) in [5.74, 6) is 0.421. The minimum Gasteiger partial charge on any atom is -0.493 e. The Balaban J connectivity index is 2.44. The zero-order chi connectivity index (χ0) is 23.5. The van der Waals surface area contributed by atoms with Gasteiger partial charge >= 0.3 is 0 Å². The maximum atomic E-state index is 13.9. The van der Waals surface area contributed by atoms with Crippen molar-refractivity contribution in [3.63, 3.8) is 0 Å². The molecule has 176 valence electrons. The first-order valence-corrected chi connectivity index (χ1v) is 12.5. The third kappa shape index (κ3) is 4.07. The fourth-order valence-electron chi connectivity index (χ4n) is 4.66. The van der Waals surface area contributed by atoms with Crippen molar-refractivity contribution >= 4 is 9.84 Å². The lowest BCUT2D eigenvalue weighted by molar-refractivity contribution is -0.193. The number of nitrogens with zero attached hydrogens (tertiary/aromatic N) is 1. The van der Waals surface area contributed by atoms with E-state index in [-0.39, 0.29) is 22.1 Å². The predicted octanol–water partition coefficient (Wildman–Crippen LogP) is 4.62. The van der Waals surface area contributed by atoms with E-state index in [9.17, 15) is 13.6 Å². The molecule has 8 heteroatoms. The summed E-state index contributed by atoms with van der Waals surface area (Å²) in [5, 5.41) is 13.0. The summed E-state index contributed by atoms with van der Waals surface area (Å²) in [5.41, 5.74) is 0.219. The van der Waals surface area contributed by atoms with Crippen molar-refractivity contribution in [2.24, 2.45) is 0 Å². The van der Waals surface area contributed by atoms with Gasteiger partial charge in [0, 0.05) is 5.56 Å². The molecule has 0 aliphatic carbocycles. The Labute approximate surface area is 190 Å². The summed E-state index contributed by atoms with van der Waals surface area (Å²) in [6.45, 7) is 3.98. The molecule has 0 fully saturated rings. The van der Waals surface area contributed by atoms with Crippen molar-refractivity contribution < 1.29 is 27.8 Å². The van der Waals surface area contributed by atoms with E-state index in [1.165, 1.54) is 26.4 Å². The molecule has 0 radical (unpaired) electrons. The molecule has 0 bridgehead atoms. The number of unbranched alkanes of at least 4 members (excludes halogenated alkanes) is 1. The summed E-state index contributed by atoms with van der Waals surface area (Å²) in [6.07, 6.45) is 2.70. The molecule has 1 aliphatic rings. The van der Waals surface area contributed by atoms with Crippen molar-refractivity contribution in [2.75, 3.05) is 27.1 Å². The van der Waals surface area contributed by atoms with Gasteiger partial charge in [-0.05, 0) is 24.5 Å². The quantitative estimate of drug-likeness (QED) is 0.611. The van der Waals surface area contributed by atoms with Crippen LogP contribution < -0.4 is 14.2 Å². The molecule has 0 saturated heterocycles. The topological polar surface area (TPSA) is 85.3 Å². The van der Waals surface area contributed by atoms with Crippen molar-refractivity contribution in [2.45, 2.75) is 56.0 Å². The molecule has 3 rings (SSSR count). The van der Waals surface area contributed by atoms with E-state index < -0.39 is 21.4 Å². The number of hydrogen-bond donors (Lipinski definition) is 1. The Kier molecular flexibility index (Phi) is 7.37. The van der Waals surface area contributed by atoms with Gasteiger partial charge in [0.2, 0.25) is 5.75 Å². The highest BCUT2D eigenvalue weighted by Gasteiger charge is 2.49. The molecule has 0 unspecified atom stereocenters. The molecular weight excluding hydrogens is 430 g/mol. The minimum atomic E-state index is -3.87. The van der Waals surface area contributed by atoms with Crippen molar-refractivity contribution in [1.29, 1.82) is 0 Å². The second-order valence-electron chi connectivity index (χ2n) is 8.16. The van der Waals surface area contributed by atoms with Crippen LogP contribution in [0.3, 0.4) is 0 Å². The van der Waals surface area contributed by atoms with Gasteiger partial charge in [-0.15, -0.1) is 0 Å². The van der Waals surface area contributed by atoms with Crippen LogP contribution >= 0.6 is 0 Å². The first-order valence-electron chi connectivity index (χ1n) is 10.9. The van der Waals surface area contributed by atoms with Gasteiger partial charge in [0.25, 0.3) is 0 Å². The molecule has 1 heterocycles. The zero-order valence-electron chi connectivity index (χ0n) is 19.4. The Morgan fingerprint density at radius 2 is 1.72 bits per heavy atom. The van der Waals surface area contributed by atoms with Crippen molar-refractivity contribution in [3.05, 3.63) is 47.5 Å². The fourth-order valence-corrected chi connectivity index (χ4v) is 6.98. The SMILES string of the molecule is CCCC[C@]1(CC)CS(=O)(=O)c2c(cc(OC)c(OC)c2OC)[C@H](c2ccccc2)N1O.